The molecule has 0 atom stereocenters. The van der Waals surface area contributed by atoms with E-state index in [9.17, 15) is 9.59 Å². The number of nitrogens with one attached hydrogen (secondary N) is 3. The maximum Gasteiger partial charge on any atom is 0.273 e. The lowest BCUT2D eigenvalue weighted by molar-refractivity contribution is -0.117. The summed E-state index contributed by atoms with van der Waals surface area (Å²) in [6.45, 7) is -3.12. The van der Waals surface area contributed by atoms with E-state index in [2.05, 4.69) is 30.9 Å². The summed E-state index contributed by atoms with van der Waals surface area (Å²) in [6.07, 6.45) is 1.55. The Kier molecular flexibility index (Phi) is 3.53. The predicted octanol–water partition coefficient (Wildman–Crippen LogP) is 1.77. The van der Waals surface area contributed by atoms with E-state index in [4.69, 9.17) is 6.85 Å². The van der Waals surface area contributed by atoms with Crippen LogP contribution in [0.1, 0.15) is 41.8 Å². The van der Waals surface area contributed by atoms with Crippen LogP contribution in [0.3, 0.4) is 0 Å². The van der Waals surface area contributed by atoms with Gasteiger partial charge in [-0.25, -0.2) is 9.67 Å². The molecular formula is C21H23N9O2. The van der Waals surface area contributed by atoms with Crippen molar-refractivity contribution in [1.29, 1.82) is 0 Å². The van der Waals surface area contributed by atoms with Crippen LogP contribution in [0.25, 0.3) is 5.69 Å². The summed E-state index contributed by atoms with van der Waals surface area (Å²) in [7, 11) is 1.56. The molecule has 0 saturated heterocycles. The lowest BCUT2D eigenvalue weighted by atomic mass is 10.1. The molecule has 1 aliphatic heterocycles. The molecule has 3 heterocycles. The van der Waals surface area contributed by atoms with Crippen molar-refractivity contribution in [2.45, 2.75) is 26.3 Å². The molecule has 2 amide bonds. The number of benzene rings is 1. The first-order valence-corrected chi connectivity index (χ1v) is 9.94. The summed E-state index contributed by atoms with van der Waals surface area (Å²) in [5.74, 6) is -0.736. The van der Waals surface area contributed by atoms with E-state index in [1.54, 1.807) is 32.2 Å². The number of carbonyl (C=O) groups excluding carboxylic acids is 2. The molecule has 11 nitrogen and oxygen atoms in total. The standard InChI is InChI=1S/C21H23N9O2/c1-11-23-17-10-29(3)19-13(5-4-6-15(19)30(17)28-11)24-14-9-16(25-20(31)12-7-8-12)26-27-18(14)21(32)22-2/h4-6,9,12H,7-8,10H2,1-3H3,(H,22,32)(H2,24,25,26,31)/i2D3,10D2. The van der Waals surface area contributed by atoms with Gasteiger partial charge in [-0.15, -0.1) is 10.2 Å². The van der Waals surface area contributed by atoms with Gasteiger partial charge in [-0.1, -0.05) is 6.07 Å². The molecule has 164 valence electrons. The lowest BCUT2D eigenvalue weighted by Crippen LogP contribution is -2.27. The van der Waals surface area contributed by atoms with Crippen LogP contribution in [0, 0.1) is 12.8 Å². The molecule has 0 radical (unpaired) electrons. The van der Waals surface area contributed by atoms with Gasteiger partial charge in [0.25, 0.3) is 5.91 Å². The molecular weight excluding hydrogens is 410 g/mol. The number of hydrogen-bond acceptors (Lipinski definition) is 8. The lowest BCUT2D eigenvalue weighted by Gasteiger charge is -2.29. The molecule has 0 bridgehead atoms. The molecule has 1 saturated carbocycles. The van der Waals surface area contributed by atoms with E-state index in [1.807, 2.05) is 5.32 Å². The van der Waals surface area contributed by atoms with E-state index in [1.165, 1.54) is 15.6 Å². The third-order valence-corrected chi connectivity index (χ3v) is 5.15. The summed E-state index contributed by atoms with van der Waals surface area (Å²) in [5, 5.41) is 19.7. The minimum Gasteiger partial charge on any atom is -0.364 e. The topological polar surface area (TPSA) is 130 Å². The second-order valence-corrected chi connectivity index (χ2v) is 7.57. The van der Waals surface area contributed by atoms with E-state index in [0.717, 1.165) is 12.8 Å². The highest BCUT2D eigenvalue weighted by atomic mass is 16.2. The Balaban J connectivity index is 1.59. The number of para-hydroxylation sites is 1. The Morgan fingerprint density at radius 3 is 2.88 bits per heavy atom. The fraction of sp³-hybridized carbons (Fsp3) is 0.333. The smallest absolute Gasteiger partial charge is 0.273 e. The van der Waals surface area contributed by atoms with Gasteiger partial charge < -0.3 is 20.9 Å². The van der Waals surface area contributed by atoms with Crippen molar-refractivity contribution >= 4 is 34.7 Å². The van der Waals surface area contributed by atoms with Crippen LogP contribution in [-0.4, -0.2) is 50.8 Å². The number of fused-ring (bicyclic) bond motifs is 3. The summed E-state index contributed by atoms with van der Waals surface area (Å²) in [6, 6.07) is 6.50. The molecule has 5 rings (SSSR count). The van der Waals surface area contributed by atoms with E-state index in [-0.39, 0.29) is 34.8 Å². The number of aromatic nitrogens is 5. The monoisotopic (exact) mass is 438 g/mol. The molecule has 1 aliphatic carbocycles. The Hall–Kier alpha value is -4.02. The Morgan fingerprint density at radius 2 is 2.09 bits per heavy atom. The predicted molar refractivity (Wildman–Crippen MR) is 118 cm³/mol. The minimum atomic E-state index is -2.77. The summed E-state index contributed by atoms with van der Waals surface area (Å²) < 4.78 is 40.8. The van der Waals surface area contributed by atoms with Gasteiger partial charge in [0.2, 0.25) is 5.91 Å². The molecule has 3 N–H and O–H groups in total. The van der Waals surface area contributed by atoms with Gasteiger partial charge in [0, 0.05) is 30.1 Å². The number of carbonyl (C=O) groups is 2. The average molecular weight is 439 g/mol. The first kappa shape index (κ1) is 14.9. The highest BCUT2D eigenvalue weighted by Gasteiger charge is 2.30. The Bertz CT molecular complexity index is 1420. The maximum atomic E-state index is 12.8. The second kappa shape index (κ2) is 7.59. The molecule has 1 aromatic carbocycles. The molecule has 11 heteroatoms. The summed E-state index contributed by atoms with van der Waals surface area (Å²) in [5.41, 5.74) is 1.06. The molecule has 1 fully saturated rings. The number of aryl methyl sites for hydroxylation is 1. The van der Waals surface area contributed by atoms with Crippen LogP contribution in [0.4, 0.5) is 22.9 Å². The zero-order chi connectivity index (χ0) is 26.7. The fourth-order valence-corrected chi connectivity index (χ4v) is 3.51. The first-order chi connectivity index (χ1) is 17.3. The summed E-state index contributed by atoms with van der Waals surface area (Å²) in [4.78, 5) is 30.6. The van der Waals surface area contributed by atoms with Gasteiger partial charge in [0.1, 0.15) is 5.82 Å². The van der Waals surface area contributed by atoms with Crippen LogP contribution in [0.15, 0.2) is 24.3 Å². The van der Waals surface area contributed by atoms with Crippen molar-refractivity contribution in [3.63, 3.8) is 0 Å². The zero-order valence-corrected chi connectivity index (χ0v) is 17.3. The van der Waals surface area contributed by atoms with E-state index >= 15 is 0 Å². The average Bonchev–Trinajstić information content (AvgIpc) is 3.58. The largest absolute Gasteiger partial charge is 0.364 e. The molecule has 32 heavy (non-hydrogen) atoms. The van der Waals surface area contributed by atoms with Gasteiger partial charge >= 0.3 is 0 Å². The van der Waals surface area contributed by atoms with Gasteiger partial charge in [-0.05, 0) is 31.9 Å². The quantitative estimate of drug-likeness (QED) is 0.549. The Morgan fingerprint density at radius 1 is 1.25 bits per heavy atom. The SMILES string of the molecule is [2H]C([2H])([2H])NC(=O)c1nnc(NC(=O)C2CC2)cc1Nc1cccc2c1N(C)C([2H])([2H])c1nc(C)nn1-2. The maximum absolute atomic E-state index is 12.8. The summed E-state index contributed by atoms with van der Waals surface area (Å²) >= 11 is 0. The molecule has 0 unspecified atom stereocenters. The normalized spacial score (nSPS) is 18.7. The number of amides is 2. The van der Waals surface area contributed by atoms with Crippen molar-refractivity contribution in [3.05, 3.63) is 41.6 Å². The third-order valence-electron chi connectivity index (χ3n) is 5.15. The highest BCUT2D eigenvalue weighted by Crippen LogP contribution is 2.38. The molecule has 2 aliphatic rings. The first-order valence-electron chi connectivity index (χ1n) is 12.4. The van der Waals surface area contributed by atoms with Gasteiger partial charge in [0.05, 0.1) is 32.0 Å². The van der Waals surface area contributed by atoms with Crippen LogP contribution >= 0.6 is 0 Å². The zero-order valence-electron chi connectivity index (χ0n) is 22.3. The second-order valence-electron chi connectivity index (χ2n) is 7.57. The van der Waals surface area contributed by atoms with Crippen LogP contribution in [-0.2, 0) is 11.3 Å². The van der Waals surface area contributed by atoms with Crippen LogP contribution in [0.2, 0.25) is 0 Å². The van der Waals surface area contributed by atoms with Gasteiger partial charge in [-0.2, -0.15) is 5.10 Å². The van der Waals surface area contributed by atoms with Crippen molar-refractivity contribution < 1.29 is 16.4 Å². The van der Waals surface area contributed by atoms with Crippen LogP contribution < -0.4 is 20.9 Å². The highest BCUT2D eigenvalue weighted by molar-refractivity contribution is 6.00. The fourth-order valence-electron chi connectivity index (χ4n) is 3.51. The molecule has 3 aromatic rings. The van der Waals surface area contributed by atoms with E-state index < -0.39 is 19.4 Å². The number of nitrogens with zero attached hydrogens (tertiary/aromatic N) is 6. The van der Waals surface area contributed by atoms with Gasteiger partial charge in [0.15, 0.2) is 17.3 Å². The third kappa shape index (κ3) is 3.51. The molecule has 0 spiro atoms. The van der Waals surface area contributed by atoms with Crippen molar-refractivity contribution in [2.75, 3.05) is 29.6 Å². The van der Waals surface area contributed by atoms with Crippen molar-refractivity contribution in [2.24, 2.45) is 5.92 Å². The molecule has 2 aromatic heterocycles. The minimum absolute atomic E-state index is 0.0609. The van der Waals surface area contributed by atoms with Crippen molar-refractivity contribution in [3.8, 4) is 5.69 Å². The van der Waals surface area contributed by atoms with Crippen LogP contribution in [0.5, 0.6) is 0 Å². The number of anilines is 4. The number of hydrogen-bond donors (Lipinski definition) is 3. The number of rotatable bonds is 5. The van der Waals surface area contributed by atoms with E-state index in [0.29, 0.717) is 22.9 Å². The van der Waals surface area contributed by atoms with Gasteiger partial charge in [-0.3, -0.25) is 9.59 Å². The Labute approximate surface area is 191 Å². The van der Waals surface area contributed by atoms with Crippen molar-refractivity contribution in [1.82, 2.24) is 30.3 Å².